The first kappa shape index (κ1) is 19.9. The van der Waals surface area contributed by atoms with Gasteiger partial charge in [-0.1, -0.05) is 0 Å². The Kier molecular flexibility index (Phi) is 6.13. The van der Waals surface area contributed by atoms with Crippen molar-refractivity contribution in [3.8, 4) is 0 Å². The summed E-state index contributed by atoms with van der Waals surface area (Å²) in [6.07, 6.45) is 6.11. The first-order valence-electron chi connectivity index (χ1n) is 10.4. The van der Waals surface area contributed by atoms with E-state index in [-0.39, 0.29) is 17.7 Å². The second-order valence-electron chi connectivity index (χ2n) is 7.70. The number of piperazine rings is 1. The zero-order valence-electron chi connectivity index (χ0n) is 16.9. The van der Waals surface area contributed by atoms with Crippen LogP contribution < -0.4 is 4.90 Å². The Hall–Kier alpha value is -2.42. The maximum Gasteiger partial charge on any atom is 0.274 e. The lowest BCUT2D eigenvalue weighted by Crippen LogP contribution is -2.49. The van der Waals surface area contributed by atoms with Crippen LogP contribution in [-0.4, -0.2) is 75.6 Å². The van der Waals surface area contributed by atoms with Crippen molar-refractivity contribution < 1.29 is 9.59 Å². The zero-order valence-corrected chi connectivity index (χ0v) is 17.7. The molecule has 2 aliphatic rings. The van der Waals surface area contributed by atoms with Crippen LogP contribution in [0.15, 0.2) is 23.8 Å². The molecule has 0 bridgehead atoms. The highest BCUT2D eigenvalue weighted by atomic mass is 32.1. The molecule has 2 aromatic rings. The predicted molar refractivity (Wildman–Crippen MR) is 112 cm³/mol. The number of amides is 2. The van der Waals surface area contributed by atoms with Crippen LogP contribution in [0, 0.1) is 5.92 Å². The number of aromatic nitrogens is 3. The van der Waals surface area contributed by atoms with Gasteiger partial charge in [-0.05, 0) is 31.7 Å². The fraction of sp³-hybridized carbons (Fsp3) is 0.600. The number of aryl methyl sites for hydroxylation is 1. The molecule has 9 heteroatoms. The molecule has 0 spiro atoms. The van der Waals surface area contributed by atoms with Crippen LogP contribution in [0.1, 0.15) is 36.7 Å². The quantitative estimate of drug-likeness (QED) is 0.745. The van der Waals surface area contributed by atoms with E-state index in [1.54, 1.807) is 22.1 Å². The molecule has 4 heterocycles. The van der Waals surface area contributed by atoms with Crippen LogP contribution in [0.4, 0.5) is 5.13 Å². The molecule has 4 rings (SSSR count). The van der Waals surface area contributed by atoms with E-state index in [1.807, 2.05) is 34.5 Å². The minimum atomic E-state index is -0.0218. The lowest BCUT2D eigenvalue weighted by Gasteiger charge is -2.37. The third kappa shape index (κ3) is 4.60. The van der Waals surface area contributed by atoms with Gasteiger partial charge in [0, 0.05) is 70.0 Å². The molecule has 2 fully saturated rings. The molecule has 0 unspecified atom stereocenters. The molecule has 2 aliphatic heterocycles. The summed E-state index contributed by atoms with van der Waals surface area (Å²) >= 11 is 1.64. The summed E-state index contributed by atoms with van der Waals surface area (Å²) in [7, 11) is 0. The van der Waals surface area contributed by atoms with Gasteiger partial charge in [-0.15, -0.1) is 11.3 Å². The van der Waals surface area contributed by atoms with Crippen LogP contribution in [0.5, 0.6) is 0 Å². The third-order valence-corrected chi connectivity index (χ3v) is 6.61. The van der Waals surface area contributed by atoms with Gasteiger partial charge < -0.3 is 14.7 Å². The molecule has 1 atom stereocenters. The van der Waals surface area contributed by atoms with Crippen molar-refractivity contribution in [2.75, 3.05) is 44.2 Å². The van der Waals surface area contributed by atoms with Crippen molar-refractivity contribution in [3.63, 3.8) is 0 Å². The van der Waals surface area contributed by atoms with E-state index in [9.17, 15) is 9.59 Å². The van der Waals surface area contributed by atoms with E-state index in [4.69, 9.17) is 0 Å². The summed E-state index contributed by atoms with van der Waals surface area (Å²) in [5.41, 5.74) is 0.497. The number of hydrogen-bond acceptors (Lipinski definition) is 6. The first-order chi connectivity index (χ1) is 14.1. The standard InChI is InChI=1S/C20H28N6O2S/c1-2-26-8-5-17(22-26)19(28)25-7-3-4-16(15-25)14-18(27)23-9-11-24(12-10-23)20-21-6-13-29-20/h5-6,8,13,16H,2-4,7,9-12,14-15H2,1H3/t16-/m0/s1. The number of nitrogens with zero attached hydrogens (tertiary/aromatic N) is 6. The van der Waals surface area contributed by atoms with Gasteiger partial charge in [-0.2, -0.15) is 5.10 Å². The van der Waals surface area contributed by atoms with E-state index in [1.165, 1.54) is 0 Å². The first-order valence-corrected chi connectivity index (χ1v) is 11.3. The highest BCUT2D eigenvalue weighted by molar-refractivity contribution is 7.13. The van der Waals surface area contributed by atoms with E-state index < -0.39 is 0 Å². The van der Waals surface area contributed by atoms with Crippen molar-refractivity contribution >= 4 is 28.3 Å². The second-order valence-corrected chi connectivity index (χ2v) is 8.58. The number of carbonyl (C=O) groups is 2. The van der Waals surface area contributed by atoms with Gasteiger partial charge in [0.25, 0.3) is 5.91 Å². The van der Waals surface area contributed by atoms with E-state index in [0.717, 1.165) is 57.2 Å². The number of likely N-dealkylation sites (tertiary alicyclic amines) is 1. The normalized spacial score (nSPS) is 20.2. The Bertz CT molecular complexity index is 828. The van der Waals surface area contributed by atoms with Gasteiger partial charge in [0.1, 0.15) is 5.69 Å². The summed E-state index contributed by atoms with van der Waals surface area (Å²) in [4.78, 5) is 36.0. The Labute approximate surface area is 175 Å². The predicted octanol–water partition coefficient (Wildman–Crippen LogP) is 1.95. The van der Waals surface area contributed by atoms with Crippen molar-refractivity contribution in [1.82, 2.24) is 24.6 Å². The molecule has 8 nitrogen and oxygen atoms in total. The number of thiazole rings is 1. The van der Waals surface area contributed by atoms with Gasteiger partial charge >= 0.3 is 0 Å². The summed E-state index contributed by atoms with van der Waals surface area (Å²) < 4.78 is 1.77. The molecule has 2 aromatic heterocycles. The number of carbonyl (C=O) groups excluding carboxylic acids is 2. The maximum atomic E-state index is 12.8. The summed E-state index contributed by atoms with van der Waals surface area (Å²) in [6, 6.07) is 1.78. The average Bonchev–Trinajstić information content (AvgIpc) is 3.45. The van der Waals surface area contributed by atoms with Crippen LogP contribution in [0.3, 0.4) is 0 Å². The third-order valence-electron chi connectivity index (χ3n) is 5.78. The molecular formula is C20H28N6O2S. The fourth-order valence-corrected chi connectivity index (χ4v) is 4.82. The number of rotatable bonds is 5. The Morgan fingerprint density at radius 3 is 2.69 bits per heavy atom. The molecule has 2 amide bonds. The monoisotopic (exact) mass is 416 g/mol. The molecule has 0 aromatic carbocycles. The Balaban J connectivity index is 1.28. The molecule has 0 radical (unpaired) electrons. The molecular weight excluding hydrogens is 388 g/mol. The fourth-order valence-electron chi connectivity index (χ4n) is 4.13. The zero-order chi connectivity index (χ0) is 20.2. The second kappa shape index (κ2) is 8.94. The van der Waals surface area contributed by atoms with Gasteiger partial charge in [0.15, 0.2) is 5.13 Å². The lowest BCUT2D eigenvalue weighted by molar-refractivity contribution is -0.132. The molecule has 0 aliphatic carbocycles. The summed E-state index contributed by atoms with van der Waals surface area (Å²) in [6.45, 7) is 7.27. The largest absolute Gasteiger partial charge is 0.345 e. The van der Waals surface area contributed by atoms with Crippen LogP contribution >= 0.6 is 11.3 Å². The average molecular weight is 417 g/mol. The minimum Gasteiger partial charge on any atom is -0.345 e. The van der Waals surface area contributed by atoms with Gasteiger partial charge in [0.2, 0.25) is 5.91 Å². The summed E-state index contributed by atoms with van der Waals surface area (Å²) in [5, 5.41) is 7.35. The van der Waals surface area contributed by atoms with Crippen LogP contribution in [0.25, 0.3) is 0 Å². The number of piperidine rings is 1. The number of anilines is 1. The smallest absolute Gasteiger partial charge is 0.274 e. The van der Waals surface area contributed by atoms with Crippen molar-refractivity contribution in [2.24, 2.45) is 5.92 Å². The molecule has 156 valence electrons. The molecule has 2 saturated heterocycles. The van der Waals surface area contributed by atoms with Crippen molar-refractivity contribution in [1.29, 1.82) is 0 Å². The van der Waals surface area contributed by atoms with Crippen LogP contribution in [0.2, 0.25) is 0 Å². The minimum absolute atomic E-state index is 0.0218. The van der Waals surface area contributed by atoms with Gasteiger partial charge in [-0.3, -0.25) is 14.3 Å². The van der Waals surface area contributed by atoms with Crippen molar-refractivity contribution in [3.05, 3.63) is 29.5 Å². The van der Waals surface area contributed by atoms with Gasteiger partial charge in [0.05, 0.1) is 0 Å². The van der Waals surface area contributed by atoms with E-state index >= 15 is 0 Å². The van der Waals surface area contributed by atoms with Gasteiger partial charge in [-0.25, -0.2) is 4.98 Å². The summed E-state index contributed by atoms with van der Waals surface area (Å²) in [5.74, 6) is 0.412. The maximum absolute atomic E-state index is 12.8. The molecule has 0 saturated carbocycles. The number of hydrogen-bond donors (Lipinski definition) is 0. The highest BCUT2D eigenvalue weighted by Gasteiger charge is 2.29. The molecule has 29 heavy (non-hydrogen) atoms. The lowest BCUT2D eigenvalue weighted by atomic mass is 9.94. The highest BCUT2D eigenvalue weighted by Crippen LogP contribution is 2.23. The van der Waals surface area contributed by atoms with Crippen molar-refractivity contribution in [2.45, 2.75) is 32.7 Å². The van der Waals surface area contributed by atoms with E-state index in [2.05, 4.69) is 15.0 Å². The SMILES string of the molecule is CCn1ccc(C(=O)N2CCC[C@@H](CC(=O)N3CCN(c4nccs4)CC3)C2)n1. The Morgan fingerprint density at radius 2 is 2.00 bits per heavy atom. The van der Waals surface area contributed by atoms with Crippen LogP contribution in [-0.2, 0) is 11.3 Å². The van der Waals surface area contributed by atoms with E-state index in [0.29, 0.717) is 18.7 Å². The molecule has 0 N–H and O–H groups in total. The Morgan fingerprint density at radius 1 is 1.17 bits per heavy atom. The topological polar surface area (TPSA) is 74.6 Å².